The second-order valence-corrected chi connectivity index (χ2v) is 5.61. The number of aromatic nitrogens is 2. The van der Waals surface area contributed by atoms with Crippen LogP contribution in [-0.4, -0.2) is 33.2 Å². The molecule has 23 heavy (non-hydrogen) atoms. The maximum absolute atomic E-state index is 12.5. The van der Waals surface area contributed by atoms with Gasteiger partial charge in [-0.25, -0.2) is 0 Å². The molecule has 0 spiro atoms. The highest BCUT2D eigenvalue weighted by Crippen LogP contribution is 2.43. The summed E-state index contributed by atoms with van der Waals surface area (Å²) in [4.78, 5) is 14.2. The number of H-pyrrole nitrogens is 1. The second-order valence-electron chi connectivity index (χ2n) is 5.61. The lowest BCUT2D eigenvalue weighted by Gasteiger charge is -2.21. The molecule has 0 unspecified atom stereocenters. The number of carbonyl (C=O) groups is 1. The van der Waals surface area contributed by atoms with Crippen LogP contribution in [0.15, 0.2) is 54.6 Å². The third kappa shape index (κ3) is 1.93. The van der Waals surface area contributed by atoms with Crippen LogP contribution in [0.1, 0.15) is 27.7 Å². The van der Waals surface area contributed by atoms with E-state index in [1.54, 1.807) is 30.1 Å². The zero-order valence-corrected chi connectivity index (χ0v) is 12.5. The second kappa shape index (κ2) is 4.98. The summed E-state index contributed by atoms with van der Waals surface area (Å²) in [7, 11) is 1.78. The number of phenolic OH excluding ortho intramolecular Hbond substituents is 1. The molecule has 0 saturated carbocycles. The number of aromatic hydroxyl groups is 1. The summed E-state index contributed by atoms with van der Waals surface area (Å²) in [6.07, 6.45) is 0. The fraction of sp³-hybridized carbons (Fsp3) is 0.111. The van der Waals surface area contributed by atoms with E-state index in [0.717, 1.165) is 11.1 Å². The predicted octanol–water partition coefficient (Wildman–Crippen LogP) is 2.96. The lowest BCUT2D eigenvalue weighted by Crippen LogP contribution is -2.24. The number of hydrogen-bond acceptors (Lipinski definition) is 3. The van der Waals surface area contributed by atoms with Gasteiger partial charge in [-0.15, -0.1) is 0 Å². The molecule has 0 saturated heterocycles. The summed E-state index contributed by atoms with van der Waals surface area (Å²) in [5, 5.41) is 17.3. The first-order chi connectivity index (χ1) is 11.2. The third-order valence-electron chi connectivity index (χ3n) is 4.27. The number of nitrogens with one attached hydrogen (secondary N) is 1. The minimum Gasteiger partial charge on any atom is -0.507 e. The SMILES string of the molecule is CN1C(=O)c2[nH]nc(-c3ccccc3O)c2[C@H]1c1ccccc1. The van der Waals surface area contributed by atoms with Crippen molar-refractivity contribution < 1.29 is 9.90 Å². The van der Waals surface area contributed by atoms with Gasteiger partial charge in [0, 0.05) is 18.2 Å². The number of phenols is 1. The van der Waals surface area contributed by atoms with Gasteiger partial charge in [-0.3, -0.25) is 9.89 Å². The first-order valence-corrected chi connectivity index (χ1v) is 7.37. The van der Waals surface area contributed by atoms with Gasteiger partial charge in [0.1, 0.15) is 17.1 Å². The van der Waals surface area contributed by atoms with Crippen molar-refractivity contribution in [3.05, 3.63) is 71.4 Å². The first-order valence-electron chi connectivity index (χ1n) is 7.37. The van der Waals surface area contributed by atoms with Crippen LogP contribution in [0.5, 0.6) is 5.75 Å². The Morgan fingerprint density at radius 2 is 1.78 bits per heavy atom. The Kier molecular flexibility index (Phi) is 2.94. The van der Waals surface area contributed by atoms with Crippen molar-refractivity contribution in [1.29, 1.82) is 0 Å². The number of para-hydroxylation sites is 1. The van der Waals surface area contributed by atoms with Crippen molar-refractivity contribution in [2.45, 2.75) is 6.04 Å². The summed E-state index contributed by atoms with van der Waals surface area (Å²) in [6.45, 7) is 0. The fourth-order valence-electron chi connectivity index (χ4n) is 3.17. The van der Waals surface area contributed by atoms with E-state index in [1.807, 2.05) is 36.4 Å². The Morgan fingerprint density at radius 3 is 2.52 bits per heavy atom. The summed E-state index contributed by atoms with van der Waals surface area (Å²) in [6, 6.07) is 16.6. The Hall–Kier alpha value is -3.08. The zero-order chi connectivity index (χ0) is 16.0. The van der Waals surface area contributed by atoms with Gasteiger partial charge < -0.3 is 10.0 Å². The smallest absolute Gasteiger partial charge is 0.272 e. The topological polar surface area (TPSA) is 69.2 Å². The van der Waals surface area contributed by atoms with Gasteiger partial charge in [-0.1, -0.05) is 42.5 Å². The van der Waals surface area contributed by atoms with Gasteiger partial charge in [-0.05, 0) is 17.7 Å². The molecule has 1 aliphatic rings. The lowest BCUT2D eigenvalue weighted by atomic mass is 9.96. The van der Waals surface area contributed by atoms with Crippen LogP contribution >= 0.6 is 0 Å². The van der Waals surface area contributed by atoms with Crippen molar-refractivity contribution >= 4 is 5.91 Å². The summed E-state index contributed by atoms with van der Waals surface area (Å²) < 4.78 is 0. The predicted molar refractivity (Wildman–Crippen MR) is 86.1 cm³/mol. The molecule has 0 aliphatic carbocycles. The molecule has 0 bridgehead atoms. The van der Waals surface area contributed by atoms with Crippen LogP contribution in [0.3, 0.4) is 0 Å². The van der Waals surface area contributed by atoms with Crippen molar-refractivity contribution in [3.63, 3.8) is 0 Å². The Bertz CT molecular complexity index is 886. The number of hydrogen-bond donors (Lipinski definition) is 2. The minimum atomic E-state index is -0.216. The molecular formula is C18H15N3O2. The fourth-order valence-corrected chi connectivity index (χ4v) is 3.17. The van der Waals surface area contributed by atoms with Crippen LogP contribution in [0.4, 0.5) is 0 Å². The molecule has 3 aromatic rings. The number of rotatable bonds is 2. The van der Waals surface area contributed by atoms with Crippen molar-refractivity contribution in [2.75, 3.05) is 7.05 Å². The van der Waals surface area contributed by atoms with Gasteiger partial charge in [0.2, 0.25) is 0 Å². The highest BCUT2D eigenvalue weighted by atomic mass is 16.3. The van der Waals surface area contributed by atoms with Gasteiger partial charge in [0.15, 0.2) is 0 Å². The molecule has 2 heterocycles. The van der Waals surface area contributed by atoms with E-state index < -0.39 is 0 Å². The highest BCUT2D eigenvalue weighted by Gasteiger charge is 2.40. The van der Waals surface area contributed by atoms with Gasteiger partial charge in [0.25, 0.3) is 5.91 Å². The molecule has 1 atom stereocenters. The molecule has 5 nitrogen and oxygen atoms in total. The molecule has 4 rings (SSSR count). The summed E-state index contributed by atoms with van der Waals surface area (Å²) in [5.74, 6) is 0.0543. The number of carbonyl (C=O) groups excluding carboxylic acids is 1. The van der Waals surface area contributed by atoms with Crippen molar-refractivity contribution in [1.82, 2.24) is 15.1 Å². The van der Waals surface area contributed by atoms with Crippen molar-refractivity contribution in [2.24, 2.45) is 0 Å². The molecule has 1 amide bonds. The number of benzene rings is 2. The number of aromatic amines is 1. The zero-order valence-electron chi connectivity index (χ0n) is 12.5. The van der Waals surface area contributed by atoms with Crippen molar-refractivity contribution in [3.8, 4) is 17.0 Å². The number of amides is 1. The molecule has 0 fully saturated rings. The molecule has 2 N–H and O–H groups in total. The van der Waals surface area contributed by atoms with E-state index in [9.17, 15) is 9.90 Å². The van der Waals surface area contributed by atoms with E-state index in [2.05, 4.69) is 10.2 Å². The average Bonchev–Trinajstić information content (AvgIpc) is 3.09. The molecule has 2 aromatic carbocycles. The normalized spacial score (nSPS) is 16.7. The first kappa shape index (κ1) is 13.6. The summed E-state index contributed by atoms with van der Waals surface area (Å²) >= 11 is 0. The Balaban J connectivity index is 1.94. The quantitative estimate of drug-likeness (QED) is 0.765. The largest absolute Gasteiger partial charge is 0.507 e. The third-order valence-corrected chi connectivity index (χ3v) is 4.27. The van der Waals surface area contributed by atoms with Crippen LogP contribution < -0.4 is 0 Å². The number of fused-ring (bicyclic) bond motifs is 1. The average molecular weight is 305 g/mol. The van der Waals surface area contributed by atoms with Gasteiger partial charge in [-0.2, -0.15) is 5.10 Å². The van der Waals surface area contributed by atoms with E-state index in [0.29, 0.717) is 17.0 Å². The van der Waals surface area contributed by atoms with Crippen LogP contribution in [-0.2, 0) is 0 Å². The van der Waals surface area contributed by atoms with E-state index >= 15 is 0 Å². The molecule has 0 radical (unpaired) electrons. The molecule has 5 heteroatoms. The van der Waals surface area contributed by atoms with E-state index in [4.69, 9.17) is 0 Å². The summed E-state index contributed by atoms with van der Waals surface area (Å²) in [5.41, 5.74) is 3.55. The highest BCUT2D eigenvalue weighted by molar-refractivity contribution is 6.00. The molecular weight excluding hydrogens is 290 g/mol. The van der Waals surface area contributed by atoms with E-state index in [-0.39, 0.29) is 17.7 Å². The molecule has 1 aliphatic heterocycles. The maximum Gasteiger partial charge on any atom is 0.272 e. The van der Waals surface area contributed by atoms with Crippen LogP contribution in [0.2, 0.25) is 0 Å². The lowest BCUT2D eigenvalue weighted by molar-refractivity contribution is 0.0788. The number of nitrogens with zero attached hydrogens (tertiary/aromatic N) is 2. The minimum absolute atomic E-state index is 0.0944. The van der Waals surface area contributed by atoms with Crippen LogP contribution in [0, 0.1) is 0 Å². The standard InChI is InChI=1S/C18H15N3O2/c1-21-17(11-7-3-2-4-8-11)14-15(19-20-16(14)18(21)23)12-9-5-6-10-13(12)22/h2-10,17,22H,1H3,(H,19,20)/t17-/m1/s1. The monoisotopic (exact) mass is 305 g/mol. The Labute approximate surface area is 133 Å². The van der Waals surface area contributed by atoms with E-state index in [1.165, 1.54) is 0 Å². The molecule has 114 valence electrons. The Morgan fingerprint density at radius 1 is 1.09 bits per heavy atom. The van der Waals surface area contributed by atoms with Gasteiger partial charge in [0.05, 0.1) is 6.04 Å². The van der Waals surface area contributed by atoms with Crippen LogP contribution in [0.25, 0.3) is 11.3 Å². The van der Waals surface area contributed by atoms with Gasteiger partial charge >= 0.3 is 0 Å². The molecule has 1 aromatic heterocycles. The maximum atomic E-state index is 12.5.